The van der Waals surface area contributed by atoms with E-state index in [9.17, 15) is 0 Å². The Kier molecular flexibility index (Phi) is 4.08. The summed E-state index contributed by atoms with van der Waals surface area (Å²) in [6.45, 7) is 10.8. The molecule has 2 aromatic rings. The lowest BCUT2D eigenvalue weighted by Gasteiger charge is -2.13. The van der Waals surface area contributed by atoms with Gasteiger partial charge in [-0.1, -0.05) is 20.8 Å². The van der Waals surface area contributed by atoms with Gasteiger partial charge in [-0.2, -0.15) is 0 Å². The molecule has 2 rings (SSSR count). The summed E-state index contributed by atoms with van der Waals surface area (Å²) in [6, 6.07) is 0.340. The Bertz CT molecular complexity index is 563. The Hall–Kier alpha value is -0.780. The van der Waals surface area contributed by atoms with Crippen molar-refractivity contribution in [1.82, 2.24) is 15.3 Å². The average Bonchev–Trinajstić information content (AvgIpc) is 2.93. The first-order valence-electron chi connectivity index (χ1n) is 6.44. The summed E-state index contributed by atoms with van der Waals surface area (Å²) >= 11 is 3.46. The van der Waals surface area contributed by atoms with Crippen molar-refractivity contribution in [2.45, 2.75) is 46.1 Å². The molecule has 0 fully saturated rings. The first kappa shape index (κ1) is 14.6. The maximum atomic E-state index is 4.74. The minimum Gasteiger partial charge on any atom is -0.312 e. The van der Waals surface area contributed by atoms with E-state index in [1.54, 1.807) is 22.7 Å². The van der Waals surface area contributed by atoms with E-state index in [2.05, 4.69) is 50.3 Å². The van der Waals surface area contributed by atoms with Gasteiger partial charge in [-0.05, 0) is 20.9 Å². The van der Waals surface area contributed by atoms with Crippen LogP contribution in [0.1, 0.15) is 49.3 Å². The van der Waals surface area contributed by atoms with Crippen molar-refractivity contribution in [1.29, 1.82) is 0 Å². The molecule has 1 atom stereocenters. The van der Waals surface area contributed by atoms with Crippen molar-refractivity contribution < 1.29 is 0 Å². The van der Waals surface area contributed by atoms with E-state index in [1.165, 1.54) is 9.88 Å². The maximum absolute atomic E-state index is 4.74. The number of aromatic nitrogens is 2. The molecule has 0 radical (unpaired) electrons. The standard InChI is InChI=1S/C14H21N3S2/c1-8(15-6)11-9(2)16-12(19-11)10-7-18-13(17-10)14(3,4)5/h7-8,15H,1-6H3. The van der Waals surface area contributed by atoms with Gasteiger partial charge in [-0.15, -0.1) is 22.7 Å². The Morgan fingerprint density at radius 1 is 1.26 bits per heavy atom. The van der Waals surface area contributed by atoms with E-state index in [-0.39, 0.29) is 5.41 Å². The van der Waals surface area contributed by atoms with Gasteiger partial charge in [0.25, 0.3) is 0 Å². The fourth-order valence-corrected chi connectivity index (χ4v) is 3.82. The second kappa shape index (κ2) is 5.31. The van der Waals surface area contributed by atoms with Crippen molar-refractivity contribution in [3.63, 3.8) is 0 Å². The van der Waals surface area contributed by atoms with E-state index in [4.69, 9.17) is 4.98 Å². The van der Waals surface area contributed by atoms with Crippen molar-refractivity contribution >= 4 is 22.7 Å². The summed E-state index contributed by atoms with van der Waals surface area (Å²) in [6.07, 6.45) is 0. The summed E-state index contributed by atoms with van der Waals surface area (Å²) in [4.78, 5) is 10.7. The largest absolute Gasteiger partial charge is 0.312 e. The zero-order valence-corrected chi connectivity index (χ0v) is 14.0. The second-order valence-corrected chi connectivity index (χ2v) is 7.66. The Balaban J connectivity index is 2.35. The van der Waals surface area contributed by atoms with Gasteiger partial charge in [0.2, 0.25) is 0 Å². The third-order valence-corrected chi connectivity index (χ3v) is 5.65. The molecule has 0 aliphatic heterocycles. The lowest BCUT2D eigenvalue weighted by Crippen LogP contribution is -2.11. The van der Waals surface area contributed by atoms with E-state index >= 15 is 0 Å². The third-order valence-electron chi connectivity index (χ3n) is 3.02. The molecule has 3 nitrogen and oxygen atoms in total. The molecule has 104 valence electrons. The topological polar surface area (TPSA) is 37.8 Å². The number of nitrogens with zero attached hydrogens (tertiary/aromatic N) is 2. The predicted molar refractivity (Wildman–Crippen MR) is 84.1 cm³/mol. The molecule has 1 unspecified atom stereocenters. The van der Waals surface area contributed by atoms with Gasteiger partial charge >= 0.3 is 0 Å². The first-order chi connectivity index (χ1) is 8.82. The number of nitrogens with one attached hydrogen (secondary N) is 1. The maximum Gasteiger partial charge on any atom is 0.143 e. The van der Waals surface area contributed by atoms with Crippen LogP contribution < -0.4 is 5.32 Å². The van der Waals surface area contributed by atoms with E-state index in [0.717, 1.165) is 16.4 Å². The van der Waals surface area contributed by atoms with Crippen molar-refractivity contribution in [3.05, 3.63) is 21.0 Å². The fourth-order valence-electron chi connectivity index (χ4n) is 1.77. The van der Waals surface area contributed by atoms with Crippen LogP contribution in [0.2, 0.25) is 0 Å². The lowest BCUT2D eigenvalue weighted by atomic mass is 9.98. The van der Waals surface area contributed by atoms with Crippen molar-refractivity contribution in [2.75, 3.05) is 7.05 Å². The molecule has 5 heteroatoms. The van der Waals surface area contributed by atoms with Gasteiger partial charge in [-0.25, -0.2) is 9.97 Å². The molecule has 0 amide bonds. The Morgan fingerprint density at radius 3 is 2.47 bits per heavy atom. The van der Waals surface area contributed by atoms with Crippen LogP contribution in [-0.4, -0.2) is 17.0 Å². The molecule has 2 aromatic heterocycles. The predicted octanol–water partition coefficient (Wildman–Crippen LogP) is 4.15. The van der Waals surface area contributed by atoms with E-state index in [1.807, 2.05) is 7.05 Å². The minimum absolute atomic E-state index is 0.107. The minimum atomic E-state index is 0.107. The number of thiazole rings is 2. The van der Waals surface area contributed by atoms with Gasteiger partial charge in [0.05, 0.1) is 10.7 Å². The molecule has 0 aromatic carbocycles. The lowest BCUT2D eigenvalue weighted by molar-refractivity contribution is 0.586. The van der Waals surface area contributed by atoms with Gasteiger partial charge in [0.1, 0.15) is 10.7 Å². The molecule has 0 aliphatic carbocycles. The fraction of sp³-hybridized carbons (Fsp3) is 0.571. The number of rotatable bonds is 3. The summed E-state index contributed by atoms with van der Waals surface area (Å²) in [7, 11) is 1.98. The summed E-state index contributed by atoms with van der Waals surface area (Å²) in [5.74, 6) is 0. The molecule has 0 bridgehead atoms. The Labute approximate surface area is 123 Å². The Morgan fingerprint density at radius 2 is 1.95 bits per heavy atom. The average molecular weight is 295 g/mol. The van der Waals surface area contributed by atoms with Crippen LogP contribution in [0.3, 0.4) is 0 Å². The smallest absolute Gasteiger partial charge is 0.143 e. The third kappa shape index (κ3) is 3.04. The highest BCUT2D eigenvalue weighted by Crippen LogP contribution is 2.34. The zero-order chi connectivity index (χ0) is 14.2. The van der Waals surface area contributed by atoms with E-state index < -0.39 is 0 Å². The molecule has 19 heavy (non-hydrogen) atoms. The summed E-state index contributed by atoms with van der Waals surface area (Å²) in [5, 5.41) is 7.58. The zero-order valence-electron chi connectivity index (χ0n) is 12.4. The highest BCUT2D eigenvalue weighted by Gasteiger charge is 2.20. The summed E-state index contributed by atoms with van der Waals surface area (Å²) in [5.41, 5.74) is 2.22. The molecule has 0 spiro atoms. The number of hydrogen-bond donors (Lipinski definition) is 1. The number of hydrogen-bond acceptors (Lipinski definition) is 5. The van der Waals surface area contributed by atoms with Gasteiger partial charge in [0.15, 0.2) is 0 Å². The van der Waals surface area contributed by atoms with Crippen LogP contribution in [0.4, 0.5) is 0 Å². The van der Waals surface area contributed by atoms with Crippen LogP contribution in [-0.2, 0) is 5.41 Å². The molecular formula is C14H21N3S2. The quantitative estimate of drug-likeness (QED) is 0.924. The van der Waals surface area contributed by atoms with Crippen LogP contribution in [0.5, 0.6) is 0 Å². The van der Waals surface area contributed by atoms with Crippen LogP contribution in [0, 0.1) is 6.92 Å². The van der Waals surface area contributed by atoms with Crippen molar-refractivity contribution in [2.24, 2.45) is 0 Å². The van der Waals surface area contributed by atoms with E-state index in [0.29, 0.717) is 6.04 Å². The molecule has 0 saturated heterocycles. The van der Waals surface area contributed by atoms with Gasteiger partial charge < -0.3 is 5.32 Å². The van der Waals surface area contributed by atoms with Gasteiger partial charge in [-0.3, -0.25) is 0 Å². The summed E-state index contributed by atoms with van der Waals surface area (Å²) < 4.78 is 0. The first-order valence-corrected chi connectivity index (χ1v) is 8.13. The molecule has 2 heterocycles. The van der Waals surface area contributed by atoms with Crippen molar-refractivity contribution in [3.8, 4) is 10.7 Å². The van der Waals surface area contributed by atoms with Gasteiger partial charge in [0, 0.05) is 21.7 Å². The number of aryl methyl sites for hydroxylation is 1. The highest BCUT2D eigenvalue weighted by molar-refractivity contribution is 7.16. The molecule has 0 saturated carbocycles. The van der Waals surface area contributed by atoms with Crippen LogP contribution in [0.15, 0.2) is 5.38 Å². The molecule has 0 aliphatic rings. The monoisotopic (exact) mass is 295 g/mol. The normalized spacial score (nSPS) is 13.8. The molecular weight excluding hydrogens is 274 g/mol. The van der Waals surface area contributed by atoms with Crippen LogP contribution in [0.25, 0.3) is 10.7 Å². The SMILES string of the molecule is CNC(C)c1sc(-c2csc(C(C)(C)C)n2)nc1C. The highest BCUT2D eigenvalue weighted by atomic mass is 32.1. The van der Waals surface area contributed by atoms with Crippen LogP contribution >= 0.6 is 22.7 Å². The second-order valence-electron chi connectivity index (χ2n) is 5.77. The molecule has 1 N–H and O–H groups in total.